The largest absolute Gasteiger partial charge is 0.480 e. The molecule has 1 aromatic carbocycles. The lowest BCUT2D eigenvalue weighted by Gasteiger charge is -2.18. The van der Waals surface area contributed by atoms with E-state index in [-0.39, 0.29) is 0 Å². The fourth-order valence-electron chi connectivity index (χ4n) is 1.22. The second-order valence-electron chi connectivity index (χ2n) is 3.97. The predicted octanol–water partition coefficient (Wildman–Crippen LogP) is 1.93. The van der Waals surface area contributed by atoms with Crippen molar-refractivity contribution in [3.8, 4) is 5.75 Å². The van der Waals surface area contributed by atoms with Gasteiger partial charge in [0, 0.05) is 0 Å². The molecular weight excluding hydrogens is 322 g/mol. The molecule has 0 fully saturated rings. The Morgan fingerprint density at radius 2 is 2.16 bits per heavy atom. The Morgan fingerprint density at radius 1 is 1.53 bits per heavy atom. The SMILES string of the molecule is CC(Oc1ccccc1Br)C(=O)NCC(F)(F)CN. The van der Waals surface area contributed by atoms with Gasteiger partial charge in [-0.3, -0.25) is 4.79 Å². The second-order valence-corrected chi connectivity index (χ2v) is 4.82. The van der Waals surface area contributed by atoms with E-state index in [1.54, 1.807) is 24.3 Å². The quantitative estimate of drug-likeness (QED) is 0.834. The lowest BCUT2D eigenvalue weighted by molar-refractivity contribution is -0.129. The summed E-state index contributed by atoms with van der Waals surface area (Å²) in [6.07, 6.45) is -0.882. The van der Waals surface area contributed by atoms with E-state index >= 15 is 0 Å². The molecule has 1 amide bonds. The highest BCUT2D eigenvalue weighted by Gasteiger charge is 2.28. The van der Waals surface area contributed by atoms with E-state index in [2.05, 4.69) is 21.2 Å². The summed E-state index contributed by atoms with van der Waals surface area (Å²) in [5.74, 6) is -3.26. The van der Waals surface area contributed by atoms with Crippen molar-refractivity contribution in [3.05, 3.63) is 28.7 Å². The molecule has 0 aliphatic heterocycles. The highest BCUT2D eigenvalue weighted by molar-refractivity contribution is 9.10. The number of benzene rings is 1. The van der Waals surface area contributed by atoms with Crippen molar-refractivity contribution in [2.75, 3.05) is 13.1 Å². The van der Waals surface area contributed by atoms with E-state index in [1.165, 1.54) is 6.92 Å². The standard InChI is InChI=1S/C12H15BrF2N2O2/c1-8(11(18)17-7-12(14,15)6-16)19-10-5-3-2-4-9(10)13/h2-5,8H,6-7,16H2,1H3,(H,17,18). The van der Waals surface area contributed by atoms with Gasteiger partial charge in [0.2, 0.25) is 0 Å². The van der Waals surface area contributed by atoms with Gasteiger partial charge in [-0.2, -0.15) is 0 Å². The first-order chi connectivity index (χ1) is 8.85. The zero-order chi connectivity index (χ0) is 14.5. The average Bonchev–Trinajstić information content (AvgIpc) is 2.38. The Hall–Kier alpha value is -1.21. The Labute approximate surface area is 118 Å². The monoisotopic (exact) mass is 336 g/mol. The number of alkyl halides is 2. The number of nitrogens with two attached hydrogens (primary N) is 1. The summed E-state index contributed by atoms with van der Waals surface area (Å²) >= 11 is 3.26. The fourth-order valence-corrected chi connectivity index (χ4v) is 1.59. The maximum absolute atomic E-state index is 12.9. The zero-order valence-electron chi connectivity index (χ0n) is 10.3. The molecule has 0 aliphatic carbocycles. The smallest absolute Gasteiger partial charge is 0.277 e. The minimum Gasteiger partial charge on any atom is -0.480 e. The van der Waals surface area contributed by atoms with Crippen LogP contribution in [0.3, 0.4) is 0 Å². The van der Waals surface area contributed by atoms with Crippen LogP contribution >= 0.6 is 15.9 Å². The third-order valence-electron chi connectivity index (χ3n) is 2.33. The van der Waals surface area contributed by atoms with Gasteiger partial charge in [0.25, 0.3) is 11.8 Å². The summed E-state index contributed by atoms with van der Waals surface area (Å²) in [4.78, 5) is 11.6. The van der Waals surface area contributed by atoms with Crippen molar-refractivity contribution >= 4 is 21.8 Å². The molecule has 0 heterocycles. The van der Waals surface area contributed by atoms with Crippen LogP contribution in [0.4, 0.5) is 8.78 Å². The van der Waals surface area contributed by atoms with Crippen molar-refractivity contribution in [1.82, 2.24) is 5.32 Å². The minimum absolute atomic E-state index is 0.468. The molecule has 0 saturated carbocycles. The Morgan fingerprint density at radius 3 is 2.74 bits per heavy atom. The van der Waals surface area contributed by atoms with Gasteiger partial charge in [0.15, 0.2) is 6.10 Å². The molecule has 0 spiro atoms. The van der Waals surface area contributed by atoms with Gasteiger partial charge in [0.1, 0.15) is 5.75 Å². The number of amides is 1. The molecule has 1 aromatic rings. The molecule has 1 unspecified atom stereocenters. The summed E-state index contributed by atoms with van der Waals surface area (Å²) < 4.78 is 31.8. The topological polar surface area (TPSA) is 64.3 Å². The number of carbonyl (C=O) groups excluding carboxylic acids is 1. The van der Waals surface area contributed by atoms with Crippen LogP contribution in [0, 0.1) is 0 Å². The predicted molar refractivity (Wildman–Crippen MR) is 71.2 cm³/mol. The lowest BCUT2D eigenvalue weighted by Crippen LogP contribution is -2.45. The number of rotatable bonds is 6. The number of ether oxygens (including phenoxy) is 1. The lowest BCUT2D eigenvalue weighted by atomic mass is 10.3. The van der Waals surface area contributed by atoms with Gasteiger partial charge in [-0.05, 0) is 35.0 Å². The van der Waals surface area contributed by atoms with Crippen LogP contribution in [0.2, 0.25) is 0 Å². The van der Waals surface area contributed by atoms with E-state index in [0.29, 0.717) is 10.2 Å². The van der Waals surface area contributed by atoms with Crippen LogP contribution in [-0.4, -0.2) is 31.0 Å². The van der Waals surface area contributed by atoms with Gasteiger partial charge < -0.3 is 15.8 Å². The third kappa shape index (κ3) is 5.12. The Balaban J connectivity index is 2.52. The van der Waals surface area contributed by atoms with Crippen molar-refractivity contribution < 1.29 is 18.3 Å². The number of hydrogen-bond acceptors (Lipinski definition) is 3. The molecule has 1 rings (SSSR count). The normalized spacial score (nSPS) is 12.9. The van der Waals surface area contributed by atoms with Gasteiger partial charge in [0.05, 0.1) is 17.6 Å². The first kappa shape index (κ1) is 15.8. The summed E-state index contributed by atoms with van der Waals surface area (Å²) in [5.41, 5.74) is 4.87. The molecule has 0 bridgehead atoms. The van der Waals surface area contributed by atoms with Crippen molar-refractivity contribution in [2.45, 2.75) is 19.0 Å². The van der Waals surface area contributed by atoms with Crippen molar-refractivity contribution in [3.63, 3.8) is 0 Å². The molecule has 0 aliphatic rings. The molecule has 19 heavy (non-hydrogen) atoms. The van der Waals surface area contributed by atoms with Crippen LogP contribution in [0.1, 0.15) is 6.92 Å². The summed E-state index contributed by atoms with van der Waals surface area (Å²) in [6.45, 7) is -0.131. The van der Waals surface area contributed by atoms with E-state index in [4.69, 9.17) is 10.5 Å². The molecule has 7 heteroatoms. The van der Waals surface area contributed by atoms with Crippen molar-refractivity contribution in [2.24, 2.45) is 5.73 Å². The van der Waals surface area contributed by atoms with Crippen LogP contribution in [0.5, 0.6) is 5.75 Å². The number of halogens is 3. The second kappa shape index (κ2) is 6.81. The highest BCUT2D eigenvalue weighted by Crippen LogP contribution is 2.24. The molecule has 3 N–H and O–H groups in total. The van der Waals surface area contributed by atoms with Gasteiger partial charge in [-0.15, -0.1) is 0 Å². The average molecular weight is 337 g/mol. The summed E-state index contributed by atoms with van der Waals surface area (Å²) in [5, 5.41) is 2.10. The highest BCUT2D eigenvalue weighted by atomic mass is 79.9. The maximum Gasteiger partial charge on any atom is 0.277 e. The molecule has 4 nitrogen and oxygen atoms in total. The van der Waals surface area contributed by atoms with E-state index in [0.717, 1.165) is 0 Å². The first-order valence-electron chi connectivity index (χ1n) is 5.62. The van der Waals surface area contributed by atoms with Crippen LogP contribution < -0.4 is 15.8 Å². The first-order valence-corrected chi connectivity index (χ1v) is 6.42. The van der Waals surface area contributed by atoms with Gasteiger partial charge in [-0.1, -0.05) is 12.1 Å². The fraction of sp³-hybridized carbons (Fsp3) is 0.417. The van der Waals surface area contributed by atoms with Crippen LogP contribution in [0.25, 0.3) is 0 Å². The van der Waals surface area contributed by atoms with E-state index < -0.39 is 31.0 Å². The molecule has 0 aromatic heterocycles. The van der Waals surface area contributed by atoms with Crippen molar-refractivity contribution in [1.29, 1.82) is 0 Å². The van der Waals surface area contributed by atoms with Crippen LogP contribution in [0.15, 0.2) is 28.7 Å². The number of nitrogens with one attached hydrogen (secondary N) is 1. The zero-order valence-corrected chi connectivity index (χ0v) is 11.9. The molecule has 0 saturated heterocycles. The molecule has 1 atom stereocenters. The molecular formula is C12H15BrF2N2O2. The van der Waals surface area contributed by atoms with Gasteiger partial charge >= 0.3 is 0 Å². The van der Waals surface area contributed by atoms with E-state index in [1.807, 2.05) is 0 Å². The van der Waals surface area contributed by atoms with Crippen LogP contribution in [-0.2, 0) is 4.79 Å². The number of hydrogen-bond donors (Lipinski definition) is 2. The minimum atomic E-state index is -3.11. The third-order valence-corrected chi connectivity index (χ3v) is 2.98. The summed E-state index contributed by atoms with van der Waals surface area (Å²) in [7, 11) is 0. The Kier molecular flexibility index (Phi) is 5.68. The number of carbonyl (C=O) groups is 1. The molecule has 106 valence electrons. The number of para-hydroxylation sites is 1. The Bertz CT molecular complexity index is 443. The molecule has 0 radical (unpaired) electrons. The maximum atomic E-state index is 12.9. The summed E-state index contributed by atoms with van der Waals surface area (Å²) in [6, 6.07) is 6.96. The van der Waals surface area contributed by atoms with E-state index in [9.17, 15) is 13.6 Å². The van der Waals surface area contributed by atoms with Gasteiger partial charge in [-0.25, -0.2) is 8.78 Å².